The molecule has 5 aliphatic carbocycles. The van der Waals surface area contributed by atoms with Gasteiger partial charge in [0.25, 0.3) is 0 Å². The van der Waals surface area contributed by atoms with Gasteiger partial charge < -0.3 is 24.8 Å². The summed E-state index contributed by atoms with van der Waals surface area (Å²) in [7, 11) is 0. The van der Waals surface area contributed by atoms with Crippen LogP contribution < -0.4 is 0 Å². The SMILES string of the molecule is C[C@@H]1C[C@H]2O[C@@]3(O[C@@H]2C(C)(C)O)[C@H](O)[C@@]2(C)[C@@H]4CC[C@H]5C(C)(C)[C@@H](O)CC[C@@]56C[C@@]46CC[C@]2(C)[C@@H]13. The van der Waals surface area contributed by atoms with E-state index in [-0.39, 0.29) is 39.8 Å². The Morgan fingerprint density at radius 2 is 1.51 bits per heavy atom. The highest BCUT2D eigenvalue weighted by atomic mass is 16.8. The summed E-state index contributed by atoms with van der Waals surface area (Å²) in [5.74, 6) is 0.523. The van der Waals surface area contributed by atoms with Crippen molar-refractivity contribution < 1.29 is 24.8 Å². The molecular formula is C30H48O5. The van der Waals surface area contributed by atoms with Crippen molar-refractivity contribution in [1.29, 1.82) is 0 Å². The molecule has 0 amide bonds. The minimum absolute atomic E-state index is 0.0331. The number of ether oxygens (including phenoxy) is 2. The summed E-state index contributed by atoms with van der Waals surface area (Å²) in [5.41, 5.74) is -0.788. The van der Waals surface area contributed by atoms with Crippen molar-refractivity contribution in [3.63, 3.8) is 0 Å². The Balaban J connectivity index is 1.33. The molecule has 35 heavy (non-hydrogen) atoms. The van der Waals surface area contributed by atoms with Crippen LogP contribution in [-0.4, -0.2) is 51.1 Å². The van der Waals surface area contributed by atoms with E-state index in [0.29, 0.717) is 23.2 Å². The zero-order valence-corrected chi connectivity index (χ0v) is 22.9. The van der Waals surface area contributed by atoms with Gasteiger partial charge in [-0.05, 0) is 105 Å². The molecule has 7 fully saturated rings. The van der Waals surface area contributed by atoms with E-state index in [1.807, 2.05) is 13.8 Å². The lowest BCUT2D eigenvalue weighted by Gasteiger charge is -2.63. The van der Waals surface area contributed by atoms with E-state index < -0.39 is 23.6 Å². The normalized spacial score (nSPS) is 63.9. The van der Waals surface area contributed by atoms with Crippen LogP contribution in [0.2, 0.25) is 0 Å². The van der Waals surface area contributed by atoms with Gasteiger partial charge in [-0.15, -0.1) is 0 Å². The van der Waals surface area contributed by atoms with Gasteiger partial charge in [-0.3, -0.25) is 0 Å². The Bertz CT molecular complexity index is 957. The average molecular weight is 489 g/mol. The molecule has 2 aliphatic heterocycles. The fraction of sp³-hybridized carbons (Fsp3) is 1.00. The Kier molecular flexibility index (Phi) is 4.32. The largest absolute Gasteiger partial charge is 0.393 e. The average Bonchev–Trinajstić information content (AvgIpc) is 3.28. The molecule has 5 heteroatoms. The van der Waals surface area contributed by atoms with E-state index in [9.17, 15) is 15.3 Å². The van der Waals surface area contributed by atoms with Crippen LogP contribution in [0.25, 0.3) is 0 Å². The Morgan fingerprint density at radius 3 is 2.20 bits per heavy atom. The van der Waals surface area contributed by atoms with Crippen LogP contribution in [0, 0.1) is 50.7 Å². The van der Waals surface area contributed by atoms with Gasteiger partial charge in [-0.25, -0.2) is 0 Å². The van der Waals surface area contributed by atoms with Crippen LogP contribution in [0.15, 0.2) is 0 Å². The highest BCUT2D eigenvalue weighted by Crippen LogP contribution is 2.90. The van der Waals surface area contributed by atoms with Crippen LogP contribution in [0.5, 0.6) is 0 Å². The maximum atomic E-state index is 12.5. The fourth-order valence-corrected chi connectivity index (χ4v) is 12.7. The first-order chi connectivity index (χ1) is 16.1. The molecule has 2 bridgehead atoms. The van der Waals surface area contributed by atoms with Gasteiger partial charge in [0, 0.05) is 11.3 Å². The lowest BCUT2D eigenvalue weighted by molar-refractivity contribution is -0.282. The smallest absolute Gasteiger partial charge is 0.199 e. The second-order valence-electron chi connectivity index (χ2n) is 15.9. The van der Waals surface area contributed by atoms with E-state index >= 15 is 0 Å². The van der Waals surface area contributed by atoms with E-state index in [1.165, 1.54) is 12.8 Å². The molecule has 5 nitrogen and oxygen atoms in total. The van der Waals surface area contributed by atoms with E-state index in [2.05, 4.69) is 34.6 Å². The molecule has 3 spiro atoms. The second kappa shape index (κ2) is 6.33. The third kappa shape index (κ3) is 2.30. The molecule has 198 valence electrons. The second-order valence-corrected chi connectivity index (χ2v) is 15.9. The van der Waals surface area contributed by atoms with Crippen molar-refractivity contribution in [3.8, 4) is 0 Å². The van der Waals surface area contributed by atoms with E-state index in [0.717, 1.165) is 38.5 Å². The highest BCUT2D eigenvalue weighted by molar-refractivity contribution is 5.34. The van der Waals surface area contributed by atoms with Gasteiger partial charge in [0.05, 0.1) is 17.8 Å². The lowest BCUT2D eigenvalue weighted by atomic mass is 9.41. The first kappa shape index (κ1) is 23.9. The first-order valence-electron chi connectivity index (χ1n) is 14.6. The molecule has 0 aromatic carbocycles. The maximum Gasteiger partial charge on any atom is 0.199 e. The molecule has 5 saturated carbocycles. The van der Waals surface area contributed by atoms with Gasteiger partial charge in [-0.2, -0.15) is 0 Å². The quantitative estimate of drug-likeness (QED) is 0.500. The van der Waals surface area contributed by atoms with E-state index in [1.54, 1.807) is 0 Å². The number of hydrogen-bond acceptors (Lipinski definition) is 5. The predicted octanol–water partition coefficient (Wildman–Crippen LogP) is 4.66. The highest BCUT2D eigenvalue weighted by Gasteiger charge is 2.88. The summed E-state index contributed by atoms with van der Waals surface area (Å²) in [6.45, 7) is 15.4. The van der Waals surface area contributed by atoms with Crippen molar-refractivity contribution >= 4 is 0 Å². The van der Waals surface area contributed by atoms with Crippen molar-refractivity contribution in [2.45, 2.75) is 136 Å². The summed E-state index contributed by atoms with van der Waals surface area (Å²) in [6, 6.07) is 0. The van der Waals surface area contributed by atoms with Crippen molar-refractivity contribution in [3.05, 3.63) is 0 Å². The topological polar surface area (TPSA) is 79.2 Å². The Labute approximate surface area is 211 Å². The molecule has 7 rings (SSSR count). The molecule has 0 unspecified atom stereocenters. The van der Waals surface area contributed by atoms with Crippen LogP contribution >= 0.6 is 0 Å². The maximum absolute atomic E-state index is 12.5. The molecule has 2 heterocycles. The first-order valence-corrected chi connectivity index (χ1v) is 14.6. The lowest BCUT2D eigenvalue weighted by Crippen LogP contribution is -2.60. The van der Waals surface area contributed by atoms with Gasteiger partial charge in [0.1, 0.15) is 12.2 Å². The van der Waals surface area contributed by atoms with Crippen LogP contribution in [-0.2, 0) is 9.47 Å². The summed E-state index contributed by atoms with van der Waals surface area (Å²) in [6.07, 6.45) is 7.36. The third-order valence-electron chi connectivity index (χ3n) is 14.2. The minimum atomic E-state index is -1.01. The number of hydrogen-bond donors (Lipinski definition) is 3. The number of aliphatic hydroxyl groups is 3. The Morgan fingerprint density at radius 1 is 0.857 bits per heavy atom. The zero-order valence-electron chi connectivity index (χ0n) is 22.9. The van der Waals surface area contributed by atoms with Crippen molar-refractivity contribution in [2.24, 2.45) is 50.7 Å². The van der Waals surface area contributed by atoms with Crippen LogP contribution in [0.4, 0.5) is 0 Å². The number of fused-ring (bicyclic) bond motifs is 4. The Hall–Kier alpha value is -0.200. The molecule has 0 radical (unpaired) electrons. The molecular weight excluding hydrogens is 440 g/mol. The van der Waals surface area contributed by atoms with Crippen molar-refractivity contribution in [2.75, 3.05) is 0 Å². The standard InChI is InChI=1S/C30H48O5/c1-16-14-17-22(25(4,5)33)35-30(34-17)21(16)26(6)12-13-29-15-28(29)11-10-20(31)24(2,3)18(28)8-9-19(29)27(26,7)23(30)32/h16-23,31-33H,8-15H2,1-7H3/t16-,17-,18+,19+,20+,21-,22+,23-,26-,27-,28-,29+,30+/m1/s1. The molecule has 3 N–H and O–H groups in total. The van der Waals surface area contributed by atoms with Gasteiger partial charge in [0.15, 0.2) is 5.79 Å². The summed E-state index contributed by atoms with van der Waals surface area (Å²) in [5, 5.41) is 34.4. The van der Waals surface area contributed by atoms with Gasteiger partial charge in [-0.1, -0.05) is 34.6 Å². The van der Waals surface area contributed by atoms with Gasteiger partial charge in [0.2, 0.25) is 0 Å². The molecule has 2 saturated heterocycles. The summed E-state index contributed by atoms with van der Waals surface area (Å²) < 4.78 is 13.6. The molecule has 0 aromatic heterocycles. The number of aliphatic hydroxyl groups excluding tert-OH is 2. The van der Waals surface area contributed by atoms with Gasteiger partial charge >= 0.3 is 0 Å². The van der Waals surface area contributed by atoms with Crippen molar-refractivity contribution in [1.82, 2.24) is 0 Å². The van der Waals surface area contributed by atoms with E-state index in [4.69, 9.17) is 9.47 Å². The third-order valence-corrected chi connectivity index (χ3v) is 14.2. The number of rotatable bonds is 1. The summed E-state index contributed by atoms with van der Waals surface area (Å²) in [4.78, 5) is 0. The zero-order chi connectivity index (χ0) is 25.2. The monoisotopic (exact) mass is 488 g/mol. The fourth-order valence-electron chi connectivity index (χ4n) is 12.7. The minimum Gasteiger partial charge on any atom is -0.393 e. The van der Waals surface area contributed by atoms with Crippen LogP contribution in [0.3, 0.4) is 0 Å². The molecule has 0 aromatic rings. The molecule has 13 atom stereocenters. The molecule has 7 aliphatic rings. The predicted molar refractivity (Wildman–Crippen MR) is 132 cm³/mol. The summed E-state index contributed by atoms with van der Waals surface area (Å²) >= 11 is 0. The van der Waals surface area contributed by atoms with Crippen LogP contribution in [0.1, 0.15) is 99.8 Å².